The molecule has 184 valence electrons. The van der Waals surface area contributed by atoms with Crippen molar-refractivity contribution in [2.24, 2.45) is 0 Å². The molecule has 0 spiro atoms. The summed E-state index contributed by atoms with van der Waals surface area (Å²) in [6.07, 6.45) is 13.5. The van der Waals surface area contributed by atoms with Crippen LogP contribution in [-0.2, 0) is 32.6 Å². The molecule has 0 heterocycles. The number of rotatable bonds is 7. The average Bonchev–Trinajstić information content (AvgIpc) is 3.20. The Balaban J connectivity index is 0.00000145. The molecule has 0 saturated heterocycles. The van der Waals surface area contributed by atoms with E-state index in [1.165, 1.54) is 91.7 Å². The van der Waals surface area contributed by atoms with Crippen molar-refractivity contribution in [2.75, 3.05) is 0 Å². The molecule has 0 aromatic heterocycles. The van der Waals surface area contributed by atoms with Gasteiger partial charge in [0.1, 0.15) is 0 Å². The zero-order valence-corrected chi connectivity index (χ0v) is 26.0. The van der Waals surface area contributed by atoms with Gasteiger partial charge in [0.25, 0.3) is 0 Å². The van der Waals surface area contributed by atoms with Crippen LogP contribution in [0.15, 0.2) is 54.6 Å². The van der Waals surface area contributed by atoms with Crippen molar-refractivity contribution >= 4 is 19.8 Å². The van der Waals surface area contributed by atoms with Gasteiger partial charge in [-0.2, -0.15) is 6.07 Å². The van der Waals surface area contributed by atoms with E-state index in [0.29, 0.717) is 0 Å². The van der Waals surface area contributed by atoms with E-state index in [2.05, 4.69) is 61.5 Å². The maximum absolute atomic E-state index is 8.16. The quantitative estimate of drug-likeness (QED) is 0.254. The van der Waals surface area contributed by atoms with Gasteiger partial charge < -0.3 is 29.6 Å². The third-order valence-corrected chi connectivity index (χ3v) is 6.43. The fraction of sp³-hybridized carbons (Fsp3) is 0.483. The monoisotopic (exact) mass is 592 g/mol. The minimum absolute atomic E-state index is 0. The first-order valence-electron chi connectivity index (χ1n) is 12.4. The van der Waals surface area contributed by atoms with Crippen molar-refractivity contribution in [3.05, 3.63) is 65.7 Å². The van der Waals surface area contributed by atoms with E-state index in [1.54, 1.807) is 5.56 Å². The average molecular weight is 595 g/mol. The van der Waals surface area contributed by atoms with Crippen LogP contribution in [0.2, 0.25) is 13.1 Å². The molecular weight excluding hydrogens is 555 g/mol. The van der Waals surface area contributed by atoms with E-state index >= 15 is 0 Å². The Hall–Kier alpha value is -0.310. The number of benzene rings is 2. The van der Waals surface area contributed by atoms with Crippen molar-refractivity contribution < 1.29 is 55.8 Å². The van der Waals surface area contributed by atoms with Crippen LogP contribution in [0.4, 0.5) is 0 Å². The molecule has 5 heteroatoms. The Bertz CT molecular complexity index is 915. The third kappa shape index (κ3) is 10.4. The van der Waals surface area contributed by atoms with Gasteiger partial charge in [-0.3, -0.25) is 0 Å². The SMILES string of the molecule is CCCCCCc1cc2c(-c3ccc(C4CCCCC4)cc3)cccc2[cH-]1.C[Si](C)O.[Cl-].[Cl-].[Zr+3]. The van der Waals surface area contributed by atoms with E-state index in [9.17, 15) is 0 Å². The smallest absolute Gasteiger partial charge is 1.00 e. The van der Waals surface area contributed by atoms with Crippen molar-refractivity contribution in [1.29, 1.82) is 0 Å². The van der Waals surface area contributed by atoms with Crippen LogP contribution in [0.5, 0.6) is 0 Å². The molecule has 2 radical (unpaired) electrons. The van der Waals surface area contributed by atoms with E-state index in [4.69, 9.17) is 4.80 Å². The minimum atomic E-state index is -0.880. The molecule has 1 nitrogen and oxygen atoms in total. The fourth-order valence-corrected chi connectivity index (χ4v) is 4.82. The van der Waals surface area contributed by atoms with Crippen molar-refractivity contribution in [2.45, 2.75) is 90.1 Å². The molecule has 1 aliphatic carbocycles. The van der Waals surface area contributed by atoms with Gasteiger partial charge in [0.2, 0.25) is 0 Å². The second-order valence-electron chi connectivity index (χ2n) is 9.39. The Labute approximate surface area is 241 Å². The van der Waals surface area contributed by atoms with Crippen LogP contribution in [0.3, 0.4) is 0 Å². The maximum Gasteiger partial charge on any atom is 3.00 e. The zero-order valence-electron chi connectivity index (χ0n) is 21.0. The summed E-state index contributed by atoms with van der Waals surface area (Å²) >= 11 is 0. The maximum atomic E-state index is 8.16. The fourth-order valence-electron chi connectivity index (χ4n) is 4.82. The number of unbranched alkanes of at least 4 members (excludes halogenated alkanes) is 3. The molecule has 1 N–H and O–H groups in total. The second kappa shape index (κ2) is 18.0. The first kappa shape index (κ1) is 33.7. The van der Waals surface area contributed by atoms with Crippen LogP contribution in [0, 0.1) is 0 Å². The summed E-state index contributed by atoms with van der Waals surface area (Å²) in [7, 11) is -0.880. The molecular formula is C29H40Cl2OSiZr. The van der Waals surface area contributed by atoms with Gasteiger partial charge in [0.05, 0.1) is 0 Å². The van der Waals surface area contributed by atoms with Gasteiger partial charge in [0.15, 0.2) is 9.04 Å². The molecule has 3 aromatic carbocycles. The largest absolute Gasteiger partial charge is 3.00 e. The molecule has 0 bridgehead atoms. The van der Waals surface area contributed by atoms with Gasteiger partial charge in [-0.25, -0.2) is 0 Å². The standard InChI is InChI=1S/C27H33.C2H7OSi.2ClH.Zr/c1-2-3-4-6-10-21-19-25-13-9-14-26(27(25)20-21)24-17-15-23(16-18-24)22-11-7-5-8-12-22;1-4(2)3;;;/h9,13-20,22H,2-8,10-12H2,1H3;3H,1-2H3;2*1H;/q-1;;;;+3/p-2. The summed E-state index contributed by atoms with van der Waals surface area (Å²) < 4.78 is 0. The molecule has 0 atom stereocenters. The predicted octanol–water partition coefficient (Wildman–Crippen LogP) is 2.63. The number of aryl methyl sites for hydroxylation is 1. The summed E-state index contributed by atoms with van der Waals surface area (Å²) in [5, 5.41) is 2.82. The molecule has 4 rings (SSSR count). The molecule has 3 aromatic rings. The van der Waals surface area contributed by atoms with E-state index in [1.807, 2.05) is 13.1 Å². The Kier molecular flexibility index (Phi) is 17.8. The molecule has 0 amide bonds. The number of halogens is 2. The van der Waals surface area contributed by atoms with E-state index in [-0.39, 0.29) is 51.0 Å². The Morgan fingerprint density at radius 1 is 0.912 bits per heavy atom. The van der Waals surface area contributed by atoms with Crippen LogP contribution < -0.4 is 24.8 Å². The molecule has 1 aliphatic rings. The number of hydrogen-bond acceptors (Lipinski definition) is 1. The molecule has 34 heavy (non-hydrogen) atoms. The zero-order chi connectivity index (χ0) is 22.1. The first-order valence-corrected chi connectivity index (χ1v) is 14.8. The van der Waals surface area contributed by atoms with E-state index < -0.39 is 9.04 Å². The van der Waals surface area contributed by atoms with Gasteiger partial charge in [-0.15, -0.1) is 34.5 Å². The van der Waals surface area contributed by atoms with Crippen molar-refractivity contribution in [3.8, 4) is 11.1 Å². The van der Waals surface area contributed by atoms with E-state index in [0.717, 1.165) is 5.92 Å². The number of fused-ring (bicyclic) bond motifs is 1. The van der Waals surface area contributed by atoms with Crippen LogP contribution >= 0.6 is 0 Å². The molecule has 0 unspecified atom stereocenters. The second-order valence-corrected chi connectivity index (χ2v) is 11.3. The van der Waals surface area contributed by atoms with Gasteiger partial charge in [-0.1, -0.05) is 87.8 Å². The summed E-state index contributed by atoms with van der Waals surface area (Å²) in [6, 6.07) is 21.1. The van der Waals surface area contributed by atoms with Crippen LogP contribution in [-0.4, -0.2) is 13.8 Å². The summed E-state index contributed by atoms with van der Waals surface area (Å²) in [6.45, 7) is 5.93. The molecule has 1 fully saturated rings. The van der Waals surface area contributed by atoms with Crippen LogP contribution in [0.1, 0.15) is 81.8 Å². The van der Waals surface area contributed by atoms with Gasteiger partial charge >= 0.3 is 26.2 Å². The summed E-state index contributed by atoms with van der Waals surface area (Å²) in [5.74, 6) is 0.789. The first-order chi connectivity index (χ1) is 15.1. The topological polar surface area (TPSA) is 20.2 Å². The third-order valence-electron chi connectivity index (χ3n) is 6.43. The molecule has 1 saturated carbocycles. The Morgan fingerprint density at radius 2 is 1.56 bits per heavy atom. The molecule has 0 aliphatic heterocycles. The normalized spacial score (nSPS) is 13.3. The predicted molar refractivity (Wildman–Crippen MR) is 138 cm³/mol. The van der Waals surface area contributed by atoms with Crippen molar-refractivity contribution in [1.82, 2.24) is 0 Å². The van der Waals surface area contributed by atoms with Gasteiger partial charge in [-0.05, 0) is 49.4 Å². The van der Waals surface area contributed by atoms with Gasteiger partial charge in [0, 0.05) is 0 Å². The minimum Gasteiger partial charge on any atom is -1.00 e. The van der Waals surface area contributed by atoms with Crippen LogP contribution in [0.25, 0.3) is 21.9 Å². The summed E-state index contributed by atoms with van der Waals surface area (Å²) in [4.78, 5) is 8.16. The Morgan fingerprint density at radius 3 is 2.18 bits per heavy atom. The van der Waals surface area contributed by atoms with Crippen molar-refractivity contribution in [3.63, 3.8) is 0 Å². The number of hydrogen-bond donors (Lipinski definition) is 1. The summed E-state index contributed by atoms with van der Waals surface area (Å²) in [5.41, 5.74) is 5.81.